The number of rotatable bonds is 4. The lowest BCUT2D eigenvalue weighted by Gasteiger charge is -2.40. The highest BCUT2D eigenvalue weighted by atomic mass is 16.4. The molecular formula is C10H16N2O3. The molecule has 84 valence electrons. The van der Waals surface area contributed by atoms with E-state index in [4.69, 9.17) is 5.11 Å². The van der Waals surface area contributed by atoms with Gasteiger partial charge in [-0.15, -0.1) is 0 Å². The van der Waals surface area contributed by atoms with Gasteiger partial charge in [0.05, 0.1) is 13.0 Å². The van der Waals surface area contributed by atoms with Crippen LogP contribution < -0.4 is 0 Å². The molecule has 2 rings (SSSR count). The lowest BCUT2D eigenvalue weighted by Crippen LogP contribution is -2.54. The molecule has 2 saturated heterocycles. The Bertz CT molecular complexity index is 270. The zero-order valence-electron chi connectivity index (χ0n) is 8.69. The van der Waals surface area contributed by atoms with E-state index in [0.29, 0.717) is 6.54 Å². The van der Waals surface area contributed by atoms with Crippen molar-refractivity contribution in [3.63, 3.8) is 0 Å². The van der Waals surface area contributed by atoms with Crippen LogP contribution in [0.1, 0.15) is 12.8 Å². The van der Waals surface area contributed by atoms with E-state index in [2.05, 4.69) is 0 Å². The molecule has 1 N–H and O–H groups in total. The third-order valence-corrected chi connectivity index (χ3v) is 3.06. The molecule has 0 radical (unpaired) electrons. The maximum Gasteiger partial charge on any atom is 0.303 e. The van der Waals surface area contributed by atoms with Gasteiger partial charge in [0.1, 0.15) is 0 Å². The zero-order chi connectivity index (χ0) is 10.8. The van der Waals surface area contributed by atoms with E-state index in [1.165, 1.54) is 0 Å². The second-order valence-corrected chi connectivity index (χ2v) is 4.39. The third-order valence-electron chi connectivity index (χ3n) is 3.06. The maximum absolute atomic E-state index is 11.5. The van der Waals surface area contributed by atoms with Crippen molar-refractivity contribution in [3.05, 3.63) is 0 Å². The number of amides is 1. The molecule has 2 fully saturated rings. The van der Waals surface area contributed by atoms with Crippen LogP contribution in [-0.2, 0) is 9.59 Å². The Morgan fingerprint density at radius 2 is 1.93 bits per heavy atom. The Hall–Kier alpha value is -1.10. The van der Waals surface area contributed by atoms with Gasteiger partial charge in [0, 0.05) is 26.2 Å². The lowest BCUT2D eigenvalue weighted by molar-refractivity contribution is -0.140. The number of hydrogen-bond acceptors (Lipinski definition) is 3. The Morgan fingerprint density at radius 1 is 1.27 bits per heavy atom. The minimum Gasteiger partial charge on any atom is -0.481 e. The van der Waals surface area contributed by atoms with Crippen LogP contribution in [0.15, 0.2) is 0 Å². The van der Waals surface area contributed by atoms with E-state index < -0.39 is 5.97 Å². The van der Waals surface area contributed by atoms with Crippen LogP contribution in [0, 0.1) is 5.92 Å². The molecule has 1 amide bonds. The first-order valence-corrected chi connectivity index (χ1v) is 5.37. The number of nitrogens with zero attached hydrogens (tertiary/aromatic N) is 2. The van der Waals surface area contributed by atoms with E-state index >= 15 is 0 Å². The molecule has 0 bridgehead atoms. The fraction of sp³-hybridized carbons (Fsp3) is 0.800. The van der Waals surface area contributed by atoms with Crippen molar-refractivity contribution in [3.8, 4) is 0 Å². The third kappa shape index (κ3) is 2.47. The Kier molecular flexibility index (Phi) is 2.90. The molecule has 0 aromatic carbocycles. The summed E-state index contributed by atoms with van der Waals surface area (Å²) in [5.41, 5.74) is 0. The highest BCUT2D eigenvalue weighted by Crippen LogP contribution is 2.19. The number of likely N-dealkylation sites (tertiary alicyclic amines) is 2. The summed E-state index contributed by atoms with van der Waals surface area (Å²) in [5.74, 6) is -0.310. The van der Waals surface area contributed by atoms with Gasteiger partial charge >= 0.3 is 5.97 Å². The number of carbonyl (C=O) groups is 2. The maximum atomic E-state index is 11.5. The number of carbonyl (C=O) groups excluding carboxylic acids is 1. The molecule has 0 aliphatic carbocycles. The van der Waals surface area contributed by atoms with Crippen molar-refractivity contribution in [2.75, 3.05) is 32.7 Å². The number of hydrogen-bond donors (Lipinski definition) is 1. The largest absolute Gasteiger partial charge is 0.481 e. The highest BCUT2D eigenvalue weighted by Gasteiger charge is 2.31. The van der Waals surface area contributed by atoms with Gasteiger partial charge in [-0.3, -0.25) is 14.5 Å². The summed E-state index contributed by atoms with van der Waals surface area (Å²) in [5, 5.41) is 8.56. The summed E-state index contributed by atoms with van der Waals surface area (Å²) in [7, 11) is 0. The Labute approximate surface area is 88.6 Å². The molecule has 0 aromatic heterocycles. The molecule has 0 saturated carbocycles. The Morgan fingerprint density at radius 3 is 2.40 bits per heavy atom. The van der Waals surface area contributed by atoms with Gasteiger partial charge in [0.15, 0.2) is 0 Å². The van der Waals surface area contributed by atoms with Crippen LogP contribution in [0.4, 0.5) is 0 Å². The first-order valence-electron chi connectivity index (χ1n) is 5.37. The fourth-order valence-corrected chi connectivity index (χ4v) is 2.04. The molecule has 2 aliphatic heterocycles. The molecule has 5 heteroatoms. The predicted molar refractivity (Wildman–Crippen MR) is 53.4 cm³/mol. The summed E-state index contributed by atoms with van der Waals surface area (Å²) in [4.78, 5) is 25.8. The van der Waals surface area contributed by atoms with Crippen molar-refractivity contribution in [2.45, 2.75) is 12.8 Å². The van der Waals surface area contributed by atoms with E-state index in [-0.39, 0.29) is 18.2 Å². The normalized spacial score (nSPS) is 22.0. The number of aliphatic carboxylic acids is 1. The average molecular weight is 212 g/mol. The van der Waals surface area contributed by atoms with Gasteiger partial charge in [0.2, 0.25) is 5.91 Å². The summed E-state index contributed by atoms with van der Waals surface area (Å²) < 4.78 is 0. The summed E-state index contributed by atoms with van der Waals surface area (Å²) in [6.07, 6.45) is 1.35. The first-order chi connectivity index (χ1) is 7.15. The monoisotopic (exact) mass is 212 g/mol. The molecule has 15 heavy (non-hydrogen) atoms. The molecular weight excluding hydrogens is 196 g/mol. The van der Waals surface area contributed by atoms with Gasteiger partial charge in [0.25, 0.3) is 0 Å². The van der Waals surface area contributed by atoms with Crippen molar-refractivity contribution >= 4 is 11.9 Å². The molecule has 0 aromatic rings. The highest BCUT2D eigenvalue weighted by molar-refractivity contribution is 5.79. The molecule has 5 nitrogen and oxygen atoms in total. The molecule has 0 atom stereocenters. The average Bonchev–Trinajstić information content (AvgIpc) is 1.95. The molecule has 2 heterocycles. The van der Waals surface area contributed by atoms with Crippen LogP contribution >= 0.6 is 0 Å². The second-order valence-electron chi connectivity index (χ2n) is 4.39. The Balaban J connectivity index is 1.62. The number of carboxylic acids is 1. The van der Waals surface area contributed by atoms with Crippen LogP contribution in [0.25, 0.3) is 0 Å². The fourth-order valence-electron chi connectivity index (χ4n) is 2.04. The summed E-state index contributed by atoms with van der Waals surface area (Å²) in [6, 6.07) is 0. The topological polar surface area (TPSA) is 60.9 Å². The SMILES string of the molecule is O=C(O)CC1CN(CC(=O)N2CCC2)C1. The van der Waals surface area contributed by atoms with Gasteiger partial charge in [-0.05, 0) is 12.3 Å². The van der Waals surface area contributed by atoms with E-state index in [0.717, 1.165) is 32.6 Å². The standard InChI is InChI=1S/C10H16N2O3/c13-9(12-2-1-3-12)7-11-5-8(6-11)4-10(14)15/h8H,1-7H2,(H,14,15). The second kappa shape index (κ2) is 4.18. The van der Waals surface area contributed by atoms with E-state index in [1.807, 2.05) is 9.80 Å². The quantitative estimate of drug-likeness (QED) is 0.690. The molecule has 2 aliphatic rings. The van der Waals surface area contributed by atoms with Gasteiger partial charge in [-0.2, -0.15) is 0 Å². The van der Waals surface area contributed by atoms with Gasteiger partial charge in [-0.25, -0.2) is 0 Å². The van der Waals surface area contributed by atoms with Crippen LogP contribution in [0.2, 0.25) is 0 Å². The zero-order valence-corrected chi connectivity index (χ0v) is 8.69. The van der Waals surface area contributed by atoms with Gasteiger partial charge in [-0.1, -0.05) is 0 Å². The summed E-state index contributed by atoms with van der Waals surface area (Å²) >= 11 is 0. The molecule has 0 unspecified atom stereocenters. The summed E-state index contributed by atoms with van der Waals surface area (Å²) in [6.45, 7) is 3.77. The lowest BCUT2D eigenvalue weighted by atomic mass is 9.96. The van der Waals surface area contributed by atoms with E-state index in [9.17, 15) is 9.59 Å². The van der Waals surface area contributed by atoms with Crippen molar-refractivity contribution < 1.29 is 14.7 Å². The first kappa shape index (κ1) is 10.4. The van der Waals surface area contributed by atoms with Crippen molar-refractivity contribution in [1.82, 2.24) is 9.80 Å². The molecule has 0 spiro atoms. The van der Waals surface area contributed by atoms with Crippen LogP contribution in [0.3, 0.4) is 0 Å². The van der Waals surface area contributed by atoms with Gasteiger partial charge < -0.3 is 10.0 Å². The van der Waals surface area contributed by atoms with Crippen molar-refractivity contribution in [2.24, 2.45) is 5.92 Å². The van der Waals surface area contributed by atoms with Crippen LogP contribution in [0.5, 0.6) is 0 Å². The van der Waals surface area contributed by atoms with Crippen molar-refractivity contribution in [1.29, 1.82) is 0 Å². The minimum atomic E-state index is -0.742. The van der Waals surface area contributed by atoms with Crippen LogP contribution in [-0.4, -0.2) is 59.5 Å². The predicted octanol–water partition coefficient (Wildman–Crippen LogP) is -0.375. The number of carboxylic acid groups (broad SMARTS) is 1. The smallest absolute Gasteiger partial charge is 0.303 e. The van der Waals surface area contributed by atoms with E-state index in [1.54, 1.807) is 0 Å². The minimum absolute atomic E-state index is 0.190.